The van der Waals surface area contributed by atoms with E-state index < -0.39 is 12.0 Å². The Morgan fingerprint density at radius 2 is 1.93 bits per heavy atom. The number of ether oxygens (including phenoxy) is 2. The number of ketones is 1. The van der Waals surface area contributed by atoms with Gasteiger partial charge in [0, 0.05) is 29.8 Å². The molecule has 0 aliphatic carbocycles. The lowest BCUT2D eigenvalue weighted by Gasteiger charge is -2.23. The molecule has 0 fully saturated rings. The SMILES string of the molecule is NC(=O)c1ccc([C@H](Oc2ccc3c(c2)OCCC3=O)c2ccncc2N)cc1. The fourth-order valence-electron chi connectivity index (χ4n) is 3.24. The number of carbonyl (C=O) groups excluding carboxylic acids is 2. The maximum absolute atomic E-state index is 12.0. The van der Waals surface area contributed by atoms with Gasteiger partial charge in [0.1, 0.15) is 11.5 Å². The van der Waals surface area contributed by atoms with E-state index in [1.165, 1.54) is 0 Å². The molecule has 1 aliphatic heterocycles. The quantitative estimate of drug-likeness (QED) is 0.693. The summed E-state index contributed by atoms with van der Waals surface area (Å²) < 4.78 is 11.9. The zero-order valence-electron chi connectivity index (χ0n) is 15.5. The lowest BCUT2D eigenvalue weighted by atomic mass is 9.99. The first kappa shape index (κ1) is 18.5. The highest BCUT2D eigenvalue weighted by atomic mass is 16.5. The van der Waals surface area contributed by atoms with Gasteiger partial charge in [0.15, 0.2) is 11.9 Å². The van der Waals surface area contributed by atoms with Crippen LogP contribution in [0.3, 0.4) is 0 Å². The fraction of sp³-hybridized carbons (Fsp3) is 0.136. The van der Waals surface area contributed by atoms with Crippen molar-refractivity contribution in [2.45, 2.75) is 12.5 Å². The molecule has 0 spiro atoms. The Kier molecular flexibility index (Phi) is 4.87. The number of nitrogens with two attached hydrogens (primary N) is 2. The molecule has 0 saturated carbocycles. The first-order valence-corrected chi connectivity index (χ1v) is 9.09. The van der Waals surface area contributed by atoms with Crippen LogP contribution in [0, 0.1) is 0 Å². The van der Waals surface area contributed by atoms with Gasteiger partial charge in [-0.15, -0.1) is 0 Å². The maximum Gasteiger partial charge on any atom is 0.248 e. The average molecular weight is 389 g/mol. The third kappa shape index (κ3) is 3.75. The second-order valence-corrected chi connectivity index (χ2v) is 6.67. The van der Waals surface area contributed by atoms with Gasteiger partial charge in [0.2, 0.25) is 5.91 Å². The molecule has 29 heavy (non-hydrogen) atoms. The topological polar surface area (TPSA) is 118 Å². The number of nitrogens with zero attached hydrogens (tertiary/aromatic N) is 1. The largest absolute Gasteiger partial charge is 0.492 e. The number of fused-ring (bicyclic) bond motifs is 1. The number of rotatable bonds is 5. The van der Waals surface area contributed by atoms with Crippen LogP contribution in [0.5, 0.6) is 11.5 Å². The van der Waals surface area contributed by atoms with E-state index >= 15 is 0 Å². The minimum Gasteiger partial charge on any atom is -0.492 e. The summed E-state index contributed by atoms with van der Waals surface area (Å²) in [6.07, 6.45) is 3.00. The second kappa shape index (κ2) is 7.63. The lowest BCUT2D eigenvalue weighted by molar-refractivity contribution is 0.0932. The number of primary amides is 1. The maximum atomic E-state index is 12.0. The Morgan fingerprint density at radius 3 is 2.66 bits per heavy atom. The molecule has 1 atom stereocenters. The van der Waals surface area contributed by atoms with E-state index in [4.69, 9.17) is 20.9 Å². The van der Waals surface area contributed by atoms with Crippen LogP contribution in [0.2, 0.25) is 0 Å². The third-order valence-electron chi connectivity index (χ3n) is 4.76. The molecular formula is C22H19N3O4. The smallest absolute Gasteiger partial charge is 0.248 e. The van der Waals surface area contributed by atoms with Crippen LogP contribution in [0.25, 0.3) is 0 Å². The van der Waals surface area contributed by atoms with Crippen LogP contribution < -0.4 is 20.9 Å². The average Bonchev–Trinajstić information content (AvgIpc) is 2.73. The molecular weight excluding hydrogens is 370 g/mol. The molecule has 0 radical (unpaired) electrons. The summed E-state index contributed by atoms with van der Waals surface area (Å²) in [6.45, 7) is 0.352. The van der Waals surface area contributed by atoms with Crippen LogP contribution >= 0.6 is 0 Å². The van der Waals surface area contributed by atoms with Crippen LogP contribution in [-0.4, -0.2) is 23.3 Å². The van der Waals surface area contributed by atoms with Crippen molar-refractivity contribution in [3.63, 3.8) is 0 Å². The summed E-state index contributed by atoms with van der Waals surface area (Å²) in [5, 5.41) is 0. The molecule has 0 saturated heterocycles. The van der Waals surface area contributed by atoms with Gasteiger partial charge in [-0.2, -0.15) is 0 Å². The van der Waals surface area contributed by atoms with Crippen molar-refractivity contribution in [2.75, 3.05) is 12.3 Å². The minimum atomic E-state index is -0.558. The molecule has 1 aliphatic rings. The highest BCUT2D eigenvalue weighted by Crippen LogP contribution is 2.35. The lowest BCUT2D eigenvalue weighted by Crippen LogP contribution is -2.16. The summed E-state index contributed by atoms with van der Waals surface area (Å²) in [4.78, 5) is 27.4. The Labute approximate surface area is 167 Å². The number of hydrogen-bond donors (Lipinski definition) is 2. The molecule has 4 rings (SSSR count). The van der Waals surface area contributed by atoms with E-state index in [-0.39, 0.29) is 5.78 Å². The minimum absolute atomic E-state index is 0.0507. The van der Waals surface area contributed by atoms with Gasteiger partial charge in [-0.1, -0.05) is 12.1 Å². The molecule has 4 N–H and O–H groups in total. The number of nitrogen functional groups attached to an aromatic ring is 1. The van der Waals surface area contributed by atoms with E-state index in [2.05, 4.69) is 4.98 Å². The zero-order valence-corrected chi connectivity index (χ0v) is 15.5. The van der Waals surface area contributed by atoms with Crippen molar-refractivity contribution in [3.8, 4) is 11.5 Å². The molecule has 0 unspecified atom stereocenters. The van der Waals surface area contributed by atoms with Gasteiger partial charge in [-0.25, -0.2) is 0 Å². The number of amides is 1. The molecule has 0 bridgehead atoms. The van der Waals surface area contributed by atoms with Gasteiger partial charge >= 0.3 is 0 Å². The number of pyridine rings is 1. The molecule has 146 valence electrons. The first-order valence-electron chi connectivity index (χ1n) is 9.09. The van der Waals surface area contributed by atoms with Gasteiger partial charge in [0.25, 0.3) is 0 Å². The predicted octanol–water partition coefficient (Wildman–Crippen LogP) is 2.90. The standard InChI is InChI=1S/C22H19N3O4/c23-18-12-25-9-7-16(18)21(13-1-3-14(4-2-13)22(24)27)29-15-5-6-17-19(26)8-10-28-20(17)11-15/h1-7,9,11-12,21H,8,10,23H2,(H2,24,27)/t21-/m0/s1. The van der Waals surface area contributed by atoms with Crippen molar-refractivity contribution < 1.29 is 19.1 Å². The van der Waals surface area contributed by atoms with E-state index in [0.29, 0.717) is 41.3 Å². The first-order chi connectivity index (χ1) is 14.0. The van der Waals surface area contributed by atoms with Crippen LogP contribution in [0.4, 0.5) is 5.69 Å². The molecule has 7 heteroatoms. The summed E-state index contributed by atoms with van der Waals surface area (Å²) in [6, 6.07) is 13.7. The van der Waals surface area contributed by atoms with E-state index in [0.717, 1.165) is 11.1 Å². The number of aromatic nitrogens is 1. The normalized spacial score (nSPS) is 13.9. The molecule has 1 amide bonds. The Hall–Kier alpha value is -3.87. The second-order valence-electron chi connectivity index (χ2n) is 6.67. The van der Waals surface area contributed by atoms with Crippen molar-refractivity contribution in [1.29, 1.82) is 0 Å². The number of carbonyl (C=O) groups is 2. The summed E-state index contributed by atoms with van der Waals surface area (Å²) >= 11 is 0. The fourth-order valence-corrected chi connectivity index (χ4v) is 3.24. The molecule has 7 nitrogen and oxygen atoms in total. The summed E-state index contributed by atoms with van der Waals surface area (Å²) in [5.74, 6) is 0.576. The van der Waals surface area contributed by atoms with Crippen molar-refractivity contribution in [2.24, 2.45) is 5.73 Å². The number of benzene rings is 2. The van der Waals surface area contributed by atoms with Crippen LogP contribution in [0.1, 0.15) is 44.4 Å². The zero-order chi connectivity index (χ0) is 20.4. The molecule has 3 aromatic rings. The third-order valence-corrected chi connectivity index (χ3v) is 4.76. The Morgan fingerprint density at radius 1 is 1.14 bits per heavy atom. The van der Waals surface area contributed by atoms with E-state index in [9.17, 15) is 9.59 Å². The predicted molar refractivity (Wildman–Crippen MR) is 107 cm³/mol. The highest BCUT2D eigenvalue weighted by Gasteiger charge is 2.22. The molecule has 2 heterocycles. The molecule has 1 aromatic heterocycles. The summed E-state index contributed by atoms with van der Waals surface area (Å²) in [5.41, 5.74) is 14.4. The monoisotopic (exact) mass is 389 g/mol. The van der Waals surface area contributed by atoms with Gasteiger partial charge in [-0.3, -0.25) is 14.6 Å². The van der Waals surface area contributed by atoms with Crippen molar-refractivity contribution >= 4 is 17.4 Å². The Bertz CT molecular complexity index is 1080. The van der Waals surface area contributed by atoms with Crippen molar-refractivity contribution in [1.82, 2.24) is 4.98 Å². The van der Waals surface area contributed by atoms with Gasteiger partial charge in [0.05, 0.1) is 24.1 Å². The van der Waals surface area contributed by atoms with E-state index in [1.54, 1.807) is 60.9 Å². The molecule has 2 aromatic carbocycles. The van der Waals surface area contributed by atoms with Crippen molar-refractivity contribution in [3.05, 3.63) is 83.2 Å². The number of Topliss-reactive ketones (excluding diaryl/α,β-unsaturated/α-hetero) is 1. The van der Waals surface area contributed by atoms with E-state index in [1.807, 2.05) is 0 Å². The number of hydrogen-bond acceptors (Lipinski definition) is 6. The summed E-state index contributed by atoms with van der Waals surface area (Å²) in [7, 11) is 0. The van der Waals surface area contributed by atoms with Gasteiger partial charge in [-0.05, 0) is 35.9 Å². The van der Waals surface area contributed by atoms with Crippen LogP contribution in [0.15, 0.2) is 60.9 Å². The number of anilines is 1. The highest BCUT2D eigenvalue weighted by molar-refractivity contribution is 5.99. The van der Waals surface area contributed by atoms with Crippen LogP contribution in [-0.2, 0) is 0 Å². The Balaban J connectivity index is 1.72. The van der Waals surface area contributed by atoms with Gasteiger partial charge < -0.3 is 20.9 Å².